The van der Waals surface area contributed by atoms with E-state index in [9.17, 15) is 0 Å². The van der Waals surface area contributed by atoms with Gasteiger partial charge < -0.3 is 16.4 Å². The van der Waals surface area contributed by atoms with Gasteiger partial charge in [-0.3, -0.25) is 0 Å². The van der Waals surface area contributed by atoms with Crippen LogP contribution in [0.25, 0.3) is 11.5 Å². The minimum absolute atomic E-state index is 0. The summed E-state index contributed by atoms with van der Waals surface area (Å²) in [4.78, 5) is 2.30. The SMILES string of the molecule is CC.CN1CC[N-]CC1.[NH2-].[Y]. The second kappa shape index (κ2) is 13.6. The molecule has 0 bridgehead atoms. The molecule has 1 aliphatic heterocycles. The van der Waals surface area contributed by atoms with Gasteiger partial charge in [0.05, 0.1) is 0 Å². The second-order valence-corrected chi connectivity index (χ2v) is 1.97. The Labute approximate surface area is 95.8 Å². The maximum absolute atomic E-state index is 4.19. The molecule has 1 radical (unpaired) electrons. The fourth-order valence-corrected chi connectivity index (χ4v) is 0.706. The van der Waals surface area contributed by atoms with Crippen LogP contribution in [-0.2, 0) is 32.7 Å². The van der Waals surface area contributed by atoms with Crippen molar-refractivity contribution in [1.82, 2.24) is 4.90 Å². The fraction of sp³-hybridized carbons (Fsp3) is 1.00. The second-order valence-electron chi connectivity index (χ2n) is 1.97. The smallest absolute Gasteiger partial charge is 0 e. The molecule has 3 nitrogen and oxygen atoms in total. The molecule has 0 aromatic carbocycles. The minimum Gasteiger partial charge on any atom is -0.693 e. The summed E-state index contributed by atoms with van der Waals surface area (Å²) in [5.74, 6) is 0. The van der Waals surface area contributed by atoms with Crippen molar-refractivity contribution in [3.05, 3.63) is 11.5 Å². The molecule has 1 fully saturated rings. The van der Waals surface area contributed by atoms with Crippen LogP contribution in [0, 0.1) is 0 Å². The van der Waals surface area contributed by atoms with E-state index in [1.807, 2.05) is 13.8 Å². The molecule has 1 aliphatic rings. The zero-order valence-electron chi connectivity index (χ0n) is 7.88. The Hall–Kier alpha value is 0.984. The molecule has 1 rings (SSSR count). The molecule has 0 spiro atoms. The molecule has 0 amide bonds. The van der Waals surface area contributed by atoms with Crippen molar-refractivity contribution in [2.24, 2.45) is 0 Å². The zero-order valence-corrected chi connectivity index (χ0v) is 10.7. The molecule has 0 aromatic rings. The van der Waals surface area contributed by atoms with E-state index in [4.69, 9.17) is 0 Å². The monoisotopic (exact) mass is 234 g/mol. The Bertz CT molecular complexity index is 55.6. The molecule has 67 valence electrons. The molecule has 0 unspecified atom stereocenters. The summed E-state index contributed by atoms with van der Waals surface area (Å²) in [5.41, 5.74) is 0. The Kier molecular flexibility index (Phi) is 22.1. The predicted molar refractivity (Wildman–Crippen MR) is 47.2 cm³/mol. The first-order valence-electron chi connectivity index (χ1n) is 3.71. The van der Waals surface area contributed by atoms with Crippen LogP contribution in [0.5, 0.6) is 0 Å². The van der Waals surface area contributed by atoms with Crippen LogP contribution in [0.15, 0.2) is 0 Å². The average molecular weight is 234 g/mol. The third-order valence-corrected chi connectivity index (χ3v) is 1.28. The van der Waals surface area contributed by atoms with E-state index >= 15 is 0 Å². The van der Waals surface area contributed by atoms with Crippen molar-refractivity contribution in [3.8, 4) is 0 Å². The summed E-state index contributed by atoms with van der Waals surface area (Å²) in [6.45, 7) is 8.38. The van der Waals surface area contributed by atoms with Crippen LogP contribution in [0.2, 0.25) is 0 Å². The number of rotatable bonds is 0. The van der Waals surface area contributed by atoms with E-state index in [1.165, 1.54) is 0 Å². The molecule has 0 aromatic heterocycles. The molecule has 11 heavy (non-hydrogen) atoms. The van der Waals surface area contributed by atoms with Crippen molar-refractivity contribution in [2.45, 2.75) is 13.8 Å². The van der Waals surface area contributed by atoms with Gasteiger partial charge in [-0.1, -0.05) is 13.8 Å². The van der Waals surface area contributed by atoms with Gasteiger partial charge in [-0.2, -0.15) is 0 Å². The quantitative estimate of drug-likeness (QED) is 0.632. The number of likely N-dealkylation sites (N-methyl/N-ethyl adjacent to an activating group) is 1. The van der Waals surface area contributed by atoms with E-state index in [2.05, 4.69) is 17.3 Å². The Morgan fingerprint density at radius 3 is 1.64 bits per heavy atom. The van der Waals surface area contributed by atoms with E-state index in [0.29, 0.717) is 0 Å². The molecule has 4 heteroatoms. The van der Waals surface area contributed by atoms with Gasteiger partial charge in [-0.05, 0) is 20.1 Å². The van der Waals surface area contributed by atoms with Crippen molar-refractivity contribution >= 4 is 0 Å². The summed E-state index contributed by atoms with van der Waals surface area (Å²) in [6.07, 6.45) is 0. The number of nitrogens with two attached hydrogens (primary N) is 1. The van der Waals surface area contributed by atoms with Gasteiger partial charge >= 0.3 is 0 Å². The molecule has 0 aliphatic carbocycles. The molecular formula is C7H19N3Y-2. The Morgan fingerprint density at radius 2 is 1.45 bits per heavy atom. The predicted octanol–water partition coefficient (Wildman–Crippen LogP) is 2.05. The summed E-state index contributed by atoms with van der Waals surface area (Å²) in [7, 11) is 2.13. The first kappa shape index (κ1) is 17.9. The Morgan fingerprint density at radius 1 is 1.09 bits per heavy atom. The van der Waals surface area contributed by atoms with Gasteiger partial charge in [-0.25, -0.2) is 0 Å². The van der Waals surface area contributed by atoms with Crippen LogP contribution in [-0.4, -0.2) is 38.1 Å². The molecule has 0 atom stereocenters. The van der Waals surface area contributed by atoms with Gasteiger partial charge in [0.15, 0.2) is 0 Å². The fourth-order valence-electron chi connectivity index (χ4n) is 0.706. The number of piperazine rings is 1. The maximum atomic E-state index is 4.19. The first-order chi connectivity index (χ1) is 4.39. The van der Waals surface area contributed by atoms with Gasteiger partial charge in [0.2, 0.25) is 0 Å². The third-order valence-electron chi connectivity index (χ3n) is 1.28. The third kappa shape index (κ3) is 11.0. The topological polar surface area (TPSA) is 50.8 Å². The molecular weight excluding hydrogens is 215 g/mol. The Balaban J connectivity index is -0.000000149. The van der Waals surface area contributed by atoms with Gasteiger partial charge in [0.25, 0.3) is 0 Å². The summed E-state index contributed by atoms with van der Waals surface area (Å²) < 4.78 is 0. The van der Waals surface area contributed by atoms with E-state index in [-0.39, 0.29) is 38.9 Å². The standard InChI is InChI=1S/C5H11N2.C2H6.H2N.Y/c1-7-4-2-6-3-5-7;1-2;;/h2-5H2,1H3;1-2H3;1H2;/q-1;;-1;. The van der Waals surface area contributed by atoms with Crippen molar-refractivity contribution < 1.29 is 32.7 Å². The zero-order chi connectivity index (χ0) is 7.11. The molecule has 0 saturated carbocycles. The summed E-state index contributed by atoms with van der Waals surface area (Å²) in [5, 5.41) is 4.19. The molecule has 2 N–H and O–H groups in total. The summed E-state index contributed by atoms with van der Waals surface area (Å²) in [6, 6.07) is 0. The van der Waals surface area contributed by atoms with Gasteiger partial charge in [0.1, 0.15) is 0 Å². The molecule has 1 saturated heterocycles. The largest absolute Gasteiger partial charge is 0.693 e. The van der Waals surface area contributed by atoms with Crippen LogP contribution in [0.1, 0.15) is 13.8 Å². The van der Waals surface area contributed by atoms with Crippen molar-refractivity contribution in [2.75, 3.05) is 33.2 Å². The van der Waals surface area contributed by atoms with Crippen LogP contribution < -0.4 is 0 Å². The van der Waals surface area contributed by atoms with Gasteiger partial charge in [-0.15, -0.1) is 13.1 Å². The number of hydrogen-bond acceptors (Lipinski definition) is 1. The van der Waals surface area contributed by atoms with Crippen LogP contribution in [0.4, 0.5) is 0 Å². The van der Waals surface area contributed by atoms with Crippen LogP contribution >= 0.6 is 0 Å². The van der Waals surface area contributed by atoms with Crippen molar-refractivity contribution in [1.29, 1.82) is 0 Å². The normalized spacial score (nSPS) is 16.6. The van der Waals surface area contributed by atoms with E-state index in [0.717, 1.165) is 26.2 Å². The van der Waals surface area contributed by atoms with E-state index < -0.39 is 0 Å². The maximum Gasteiger partial charge on any atom is 0 e. The minimum atomic E-state index is 0. The van der Waals surface area contributed by atoms with Crippen molar-refractivity contribution in [3.63, 3.8) is 0 Å². The van der Waals surface area contributed by atoms with Gasteiger partial charge in [0, 0.05) is 32.7 Å². The number of hydrogen-bond donors (Lipinski definition) is 0. The summed E-state index contributed by atoms with van der Waals surface area (Å²) >= 11 is 0. The first-order valence-corrected chi connectivity index (χ1v) is 3.71. The van der Waals surface area contributed by atoms with E-state index in [1.54, 1.807) is 0 Å². The number of nitrogens with zero attached hydrogens (tertiary/aromatic N) is 2. The average Bonchev–Trinajstić information content (AvgIpc) is 1.94. The van der Waals surface area contributed by atoms with Crippen LogP contribution in [0.3, 0.4) is 0 Å². The molecule has 1 heterocycles.